The predicted molar refractivity (Wildman–Crippen MR) is 69.0 cm³/mol. The third kappa shape index (κ3) is 4.20. The minimum atomic E-state index is -0.301. The Bertz CT molecular complexity index is 467. The van der Waals surface area contributed by atoms with Crippen molar-refractivity contribution < 1.29 is 9.53 Å². The van der Waals surface area contributed by atoms with Gasteiger partial charge in [0.15, 0.2) is 0 Å². The van der Waals surface area contributed by atoms with Gasteiger partial charge in [0.1, 0.15) is 5.75 Å². The number of amides is 1. The van der Waals surface area contributed by atoms with E-state index >= 15 is 0 Å². The Kier molecular flexibility index (Phi) is 4.59. The van der Waals surface area contributed by atoms with Gasteiger partial charge in [-0.15, -0.1) is 0 Å². The minimum absolute atomic E-state index is 0.139. The van der Waals surface area contributed by atoms with Crippen LogP contribution in [0.25, 0.3) is 0 Å². The fourth-order valence-electron chi connectivity index (χ4n) is 1.39. The average Bonchev–Trinajstić information content (AvgIpc) is 2.22. The maximum absolute atomic E-state index is 11.3. The number of aryl methyl sites for hydroxylation is 1. The van der Waals surface area contributed by atoms with Crippen LogP contribution in [0, 0.1) is 18.8 Å². The van der Waals surface area contributed by atoms with Crippen molar-refractivity contribution in [2.24, 2.45) is 0 Å². The summed E-state index contributed by atoms with van der Waals surface area (Å²) in [7, 11) is 0. The van der Waals surface area contributed by atoms with Crippen molar-refractivity contribution in [2.45, 2.75) is 33.8 Å². The smallest absolute Gasteiger partial charge is 0.300 e. The Hall–Kier alpha value is -1.95. The molecule has 17 heavy (non-hydrogen) atoms. The van der Waals surface area contributed by atoms with E-state index in [1.54, 1.807) is 13.0 Å². The van der Waals surface area contributed by atoms with E-state index in [9.17, 15) is 4.79 Å². The van der Waals surface area contributed by atoms with Crippen LogP contribution in [0.4, 0.5) is 5.69 Å². The number of nitrogens with one attached hydrogen (secondary N) is 1. The van der Waals surface area contributed by atoms with Crippen molar-refractivity contribution in [3.05, 3.63) is 23.8 Å². The molecule has 0 atom stereocenters. The van der Waals surface area contributed by atoms with E-state index in [0.717, 1.165) is 17.0 Å². The molecular weight excluding hydrogens is 214 g/mol. The lowest BCUT2D eigenvalue weighted by atomic mass is 10.2. The molecule has 0 bridgehead atoms. The molecule has 1 rings (SSSR count). The summed E-state index contributed by atoms with van der Waals surface area (Å²) in [5, 5.41) is 2.70. The Morgan fingerprint density at radius 3 is 2.65 bits per heavy atom. The van der Waals surface area contributed by atoms with Crippen LogP contribution >= 0.6 is 0 Å². The molecule has 0 aliphatic rings. The highest BCUT2D eigenvalue weighted by atomic mass is 16.5. The van der Waals surface area contributed by atoms with Crippen LogP contribution in [0.5, 0.6) is 5.75 Å². The van der Waals surface area contributed by atoms with E-state index in [-0.39, 0.29) is 12.0 Å². The second kappa shape index (κ2) is 5.95. The van der Waals surface area contributed by atoms with E-state index in [1.807, 2.05) is 32.9 Å². The minimum Gasteiger partial charge on any atom is -0.491 e. The first kappa shape index (κ1) is 13.1. The Morgan fingerprint density at radius 1 is 1.41 bits per heavy atom. The largest absolute Gasteiger partial charge is 0.491 e. The summed E-state index contributed by atoms with van der Waals surface area (Å²) in [6, 6.07) is 5.53. The number of hydrogen-bond donors (Lipinski definition) is 1. The normalized spacial score (nSPS) is 9.47. The van der Waals surface area contributed by atoms with Gasteiger partial charge in [-0.1, -0.05) is 5.92 Å². The van der Waals surface area contributed by atoms with Gasteiger partial charge in [-0.05, 0) is 57.4 Å². The molecule has 0 fully saturated rings. The highest BCUT2D eigenvalue weighted by molar-refractivity contribution is 6.03. The Balaban J connectivity index is 2.80. The van der Waals surface area contributed by atoms with Crippen molar-refractivity contribution >= 4 is 11.6 Å². The van der Waals surface area contributed by atoms with E-state index in [2.05, 4.69) is 17.2 Å². The molecule has 0 aliphatic heterocycles. The highest BCUT2D eigenvalue weighted by Crippen LogP contribution is 2.22. The maximum Gasteiger partial charge on any atom is 0.300 e. The number of rotatable bonds is 3. The van der Waals surface area contributed by atoms with Crippen LogP contribution in [0.15, 0.2) is 18.2 Å². The van der Waals surface area contributed by atoms with Gasteiger partial charge < -0.3 is 10.1 Å². The fraction of sp³-hybridized carbons (Fsp3) is 0.357. The summed E-state index contributed by atoms with van der Waals surface area (Å²) in [6.45, 7) is 7.53. The van der Waals surface area contributed by atoms with E-state index in [1.165, 1.54) is 0 Å². The molecule has 0 spiro atoms. The number of carbonyl (C=O) groups is 1. The first-order valence-electron chi connectivity index (χ1n) is 5.54. The highest BCUT2D eigenvalue weighted by Gasteiger charge is 2.04. The van der Waals surface area contributed by atoms with Crippen LogP contribution in [0.3, 0.4) is 0 Å². The van der Waals surface area contributed by atoms with Crippen LogP contribution in [-0.2, 0) is 4.79 Å². The summed E-state index contributed by atoms with van der Waals surface area (Å²) < 4.78 is 5.61. The van der Waals surface area contributed by atoms with E-state index in [0.29, 0.717) is 0 Å². The van der Waals surface area contributed by atoms with Crippen LogP contribution in [0.2, 0.25) is 0 Å². The third-order valence-electron chi connectivity index (χ3n) is 2.03. The summed E-state index contributed by atoms with van der Waals surface area (Å²) in [4.78, 5) is 11.3. The number of ether oxygens (including phenoxy) is 1. The molecule has 0 saturated heterocycles. The van der Waals surface area contributed by atoms with Gasteiger partial charge in [-0.2, -0.15) is 0 Å². The van der Waals surface area contributed by atoms with Gasteiger partial charge in [0.05, 0.1) is 6.10 Å². The van der Waals surface area contributed by atoms with Crippen LogP contribution in [-0.4, -0.2) is 12.0 Å². The molecule has 1 aromatic rings. The van der Waals surface area contributed by atoms with Crippen molar-refractivity contribution in [1.82, 2.24) is 0 Å². The number of hydrogen-bond acceptors (Lipinski definition) is 2. The second-order valence-corrected chi connectivity index (χ2v) is 3.98. The summed E-state index contributed by atoms with van der Waals surface area (Å²) >= 11 is 0. The number of benzene rings is 1. The van der Waals surface area contributed by atoms with Gasteiger partial charge >= 0.3 is 0 Å². The van der Waals surface area contributed by atoms with Gasteiger partial charge in [-0.25, -0.2) is 0 Å². The van der Waals surface area contributed by atoms with Gasteiger partial charge in [0.2, 0.25) is 0 Å². The summed E-state index contributed by atoms with van der Waals surface area (Å²) in [5.74, 6) is 5.51. The molecule has 0 unspecified atom stereocenters. The molecule has 1 aromatic carbocycles. The molecule has 0 aromatic heterocycles. The Morgan fingerprint density at radius 2 is 2.12 bits per heavy atom. The zero-order valence-electron chi connectivity index (χ0n) is 10.6. The summed E-state index contributed by atoms with van der Waals surface area (Å²) in [6.07, 6.45) is 0.139. The monoisotopic (exact) mass is 231 g/mol. The first-order chi connectivity index (χ1) is 8.02. The maximum atomic E-state index is 11.3. The van der Waals surface area contributed by atoms with Gasteiger partial charge in [-0.3, -0.25) is 4.79 Å². The fourth-order valence-corrected chi connectivity index (χ4v) is 1.39. The van der Waals surface area contributed by atoms with Gasteiger partial charge in [0.25, 0.3) is 5.91 Å². The molecule has 1 N–H and O–H groups in total. The van der Waals surface area contributed by atoms with Crippen molar-refractivity contribution in [2.75, 3.05) is 5.32 Å². The molecule has 0 aliphatic carbocycles. The lowest BCUT2D eigenvalue weighted by Gasteiger charge is -2.13. The lowest BCUT2D eigenvalue weighted by Crippen LogP contribution is -2.10. The molecule has 3 nitrogen and oxygen atoms in total. The van der Waals surface area contributed by atoms with Gasteiger partial charge in [0, 0.05) is 5.69 Å². The zero-order chi connectivity index (χ0) is 12.8. The lowest BCUT2D eigenvalue weighted by molar-refractivity contribution is -0.111. The molecule has 0 heterocycles. The summed E-state index contributed by atoms with van der Waals surface area (Å²) in [5.41, 5.74) is 1.72. The third-order valence-corrected chi connectivity index (χ3v) is 2.03. The molecular formula is C14H17NO2. The van der Waals surface area contributed by atoms with Crippen LogP contribution in [0.1, 0.15) is 26.3 Å². The second-order valence-electron chi connectivity index (χ2n) is 3.98. The molecule has 90 valence electrons. The number of carbonyl (C=O) groups excluding carboxylic acids is 1. The van der Waals surface area contributed by atoms with Crippen molar-refractivity contribution in [3.8, 4) is 17.6 Å². The zero-order valence-corrected chi connectivity index (χ0v) is 10.6. The van der Waals surface area contributed by atoms with Crippen molar-refractivity contribution in [3.63, 3.8) is 0 Å². The van der Waals surface area contributed by atoms with Crippen LogP contribution < -0.4 is 10.1 Å². The molecule has 0 saturated carbocycles. The van der Waals surface area contributed by atoms with E-state index < -0.39 is 0 Å². The van der Waals surface area contributed by atoms with E-state index in [4.69, 9.17) is 4.74 Å². The standard InChI is InChI=1S/C14H17NO2/c1-5-6-14(16)15-12-7-8-13(11(4)9-12)17-10(2)3/h7-10H,1-4H3,(H,15,16). The Labute approximate surface area is 102 Å². The SMILES string of the molecule is CC#CC(=O)Nc1ccc(OC(C)C)c(C)c1. The topological polar surface area (TPSA) is 38.3 Å². The molecule has 0 radical (unpaired) electrons. The number of anilines is 1. The molecule has 1 amide bonds. The predicted octanol–water partition coefficient (Wildman–Crippen LogP) is 2.74. The first-order valence-corrected chi connectivity index (χ1v) is 5.54. The quantitative estimate of drug-likeness (QED) is 0.812. The van der Waals surface area contributed by atoms with Crippen molar-refractivity contribution in [1.29, 1.82) is 0 Å². The average molecular weight is 231 g/mol. The molecule has 3 heteroatoms.